The van der Waals surface area contributed by atoms with Crippen molar-refractivity contribution < 1.29 is 30.0 Å². The van der Waals surface area contributed by atoms with Gasteiger partial charge in [-0.15, -0.1) is 0 Å². The van der Waals surface area contributed by atoms with Crippen LogP contribution in [0.3, 0.4) is 0 Å². The van der Waals surface area contributed by atoms with Crippen molar-refractivity contribution in [2.45, 2.75) is 16.0 Å². The van der Waals surface area contributed by atoms with Gasteiger partial charge in [0.15, 0.2) is 9.84 Å². The number of nitrogens with zero attached hydrogens (tertiary/aromatic N) is 1. The number of anilines is 2. The summed E-state index contributed by atoms with van der Waals surface area (Å²) >= 11 is 0. The third kappa shape index (κ3) is 4.92. The van der Waals surface area contributed by atoms with Gasteiger partial charge in [-0.05, 0) is 42.5 Å². The molecule has 27 heavy (non-hydrogen) atoms. The predicted octanol–water partition coefficient (Wildman–Crippen LogP) is 2.98. The first-order valence-electron chi connectivity index (χ1n) is 7.43. The minimum Gasteiger partial charge on any atom is -0.376 e. The zero-order valence-electron chi connectivity index (χ0n) is 14.6. The third-order valence-corrected chi connectivity index (χ3v) is 6.12. The highest BCUT2D eigenvalue weighted by molar-refractivity contribution is 7.92. The molecule has 0 unspecified atom stereocenters. The van der Waals surface area contributed by atoms with Crippen LogP contribution in [0.5, 0.6) is 0 Å². The van der Waals surface area contributed by atoms with E-state index < -0.39 is 31.6 Å². The Morgan fingerprint density at radius 3 is 1.85 bits per heavy atom. The number of benzene rings is 2. The highest BCUT2D eigenvalue weighted by Gasteiger charge is 2.31. The van der Waals surface area contributed by atoms with Crippen molar-refractivity contribution in [1.82, 2.24) is 0 Å². The number of sulfonamides is 1. The first kappa shape index (κ1) is 21.0. The summed E-state index contributed by atoms with van der Waals surface area (Å²) in [4.78, 5) is 1.11. The van der Waals surface area contributed by atoms with Crippen LogP contribution in [0.1, 0.15) is 5.56 Å². The van der Waals surface area contributed by atoms with Gasteiger partial charge in [-0.25, -0.2) is 16.8 Å². The zero-order valence-corrected chi connectivity index (χ0v) is 16.2. The van der Waals surface area contributed by atoms with Crippen molar-refractivity contribution in [2.75, 3.05) is 30.0 Å². The number of alkyl halides is 3. The van der Waals surface area contributed by atoms with Gasteiger partial charge in [-0.2, -0.15) is 13.2 Å². The van der Waals surface area contributed by atoms with Crippen LogP contribution in [-0.4, -0.2) is 37.2 Å². The highest BCUT2D eigenvalue weighted by atomic mass is 32.2. The van der Waals surface area contributed by atoms with Crippen LogP contribution in [-0.2, 0) is 26.0 Å². The number of hydrogen-bond donors (Lipinski definition) is 1. The minimum atomic E-state index is -4.64. The SMILES string of the molecule is CN(C)c1ccc(C(F)(F)F)cc1NS(=O)(=O)c1ccc(S(C)(=O)=O)cc1. The molecule has 0 spiro atoms. The molecule has 11 heteroatoms. The average Bonchev–Trinajstić information content (AvgIpc) is 2.52. The van der Waals surface area contributed by atoms with Crippen LogP contribution in [0.25, 0.3) is 0 Å². The molecule has 0 saturated heterocycles. The summed E-state index contributed by atoms with van der Waals surface area (Å²) in [5.41, 5.74) is -1.01. The lowest BCUT2D eigenvalue weighted by Crippen LogP contribution is -2.18. The van der Waals surface area contributed by atoms with Gasteiger partial charge in [0.25, 0.3) is 10.0 Å². The Morgan fingerprint density at radius 1 is 0.889 bits per heavy atom. The molecule has 0 amide bonds. The minimum absolute atomic E-state index is 0.0745. The Hall–Kier alpha value is -2.27. The largest absolute Gasteiger partial charge is 0.416 e. The highest BCUT2D eigenvalue weighted by Crippen LogP contribution is 2.35. The van der Waals surface area contributed by atoms with Crippen molar-refractivity contribution in [3.05, 3.63) is 48.0 Å². The van der Waals surface area contributed by atoms with Crippen LogP contribution in [0.2, 0.25) is 0 Å². The second kappa shape index (κ2) is 7.04. The van der Waals surface area contributed by atoms with Crippen LogP contribution < -0.4 is 9.62 Å². The second-order valence-electron chi connectivity index (χ2n) is 5.97. The third-order valence-electron chi connectivity index (χ3n) is 3.61. The topological polar surface area (TPSA) is 83.6 Å². The van der Waals surface area contributed by atoms with E-state index in [-0.39, 0.29) is 21.2 Å². The van der Waals surface area contributed by atoms with Crippen molar-refractivity contribution in [2.24, 2.45) is 0 Å². The van der Waals surface area contributed by atoms with Crippen molar-refractivity contribution in [3.63, 3.8) is 0 Å². The van der Waals surface area contributed by atoms with Gasteiger partial charge in [0, 0.05) is 20.4 Å². The number of hydrogen-bond acceptors (Lipinski definition) is 5. The normalized spacial score (nSPS) is 12.7. The molecule has 1 N–H and O–H groups in total. The summed E-state index contributed by atoms with van der Waals surface area (Å²) in [6.07, 6.45) is -3.66. The lowest BCUT2D eigenvalue weighted by Gasteiger charge is -2.20. The molecular weight excluding hydrogens is 405 g/mol. The van der Waals surface area contributed by atoms with Gasteiger partial charge in [0.05, 0.1) is 26.7 Å². The number of halogens is 3. The molecule has 0 aliphatic rings. The molecule has 0 aromatic heterocycles. The van der Waals surface area contributed by atoms with Gasteiger partial charge < -0.3 is 4.90 Å². The maximum Gasteiger partial charge on any atom is 0.416 e. The lowest BCUT2D eigenvalue weighted by molar-refractivity contribution is -0.137. The summed E-state index contributed by atoms with van der Waals surface area (Å²) in [7, 11) is -4.63. The Bertz CT molecular complexity index is 1050. The molecule has 2 aromatic rings. The Morgan fingerprint density at radius 2 is 1.41 bits per heavy atom. The molecule has 0 aliphatic carbocycles. The summed E-state index contributed by atoms with van der Waals surface area (Å²) in [5, 5.41) is 0. The van der Waals surface area contributed by atoms with E-state index in [2.05, 4.69) is 4.72 Å². The smallest absolute Gasteiger partial charge is 0.376 e. The van der Waals surface area contributed by atoms with E-state index in [1.165, 1.54) is 4.90 Å². The monoisotopic (exact) mass is 422 g/mol. The summed E-state index contributed by atoms with van der Waals surface area (Å²) in [5.74, 6) is 0. The van der Waals surface area contributed by atoms with Crippen LogP contribution in [0.15, 0.2) is 52.3 Å². The Labute approximate surface area is 155 Å². The van der Waals surface area contributed by atoms with E-state index in [0.29, 0.717) is 6.07 Å². The van der Waals surface area contributed by atoms with E-state index in [1.54, 1.807) is 14.1 Å². The number of nitrogens with one attached hydrogen (secondary N) is 1. The van der Waals surface area contributed by atoms with Gasteiger partial charge in [-0.1, -0.05) is 0 Å². The van der Waals surface area contributed by atoms with E-state index >= 15 is 0 Å². The van der Waals surface area contributed by atoms with Gasteiger partial charge in [0.1, 0.15) is 0 Å². The molecule has 0 radical (unpaired) electrons. The van der Waals surface area contributed by atoms with Crippen molar-refractivity contribution in [3.8, 4) is 0 Å². The van der Waals surface area contributed by atoms with E-state index in [0.717, 1.165) is 42.7 Å². The molecule has 0 aliphatic heterocycles. The fourth-order valence-electron chi connectivity index (χ4n) is 2.25. The second-order valence-corrected chi connectivity index (χ2v) is 9.67. The van der Waals surface area contributed by atoms with Crippen LogP contribution in [0.4, 0.5) is 24.5 Å². The fraction of sp³-hybridized carbons (Fsp3) is 0.250. The van der Waals surface area contributed by atoms with Gasteiger partial charge in [-0.3, -0.25) is 4.72 Å². The standard InChI is InChI=1S/C16H17F3N2O4S2/c1-21(2)15-9-4-11(16(17,18)19)10-14(15)20-27(24,25)13-7-5-12(6-8-13)26(3,22)23/h4-10,20H,1-3H3. The maximum atomic E-state index is 13.0. The van der Waals surface area contributed by atoms with E-state index in [4.69, 9.17) is 0 Å². The molecular formula is C16H17F3N2O4S2. The molecule has 0 atom stereocenters. The Kier molecular flexibility index (Phi) is 5.48. The number of sulfone groups is 1. The predicted molar refractivity (Wildman–Crippen MR) is 96.1 cm³/mol. The first-order chi connectivity index (χ1) is 12.2. The molecule has 2 aromatic carbocycles. The Balaban J connectivity index is 2.47. The molecule has 0 heterocycles. The summed E-state index contributed by atoms with van der Waals surface area (Å²) < 4.78 is 89.0. The van der Waals surface area contributed by atoms with Crippen LogP contribution in [0, 0.1) is 0 Å². The summed E-state index contributed by atoms with van der Waals surface area (Å²) in [6.45, 7) is 0. The number of rotatable bonds is 5. The lowest BCUT2D eigenvalue weighted by atomic mass is 10.1. The van der Waals surface area contributed by atoms with E-state index in [1.807, 2.05) is 0 Å². The average molecular weight is 422 g/mol. The van der Waals surface area contributed by atoms with Crippen molar-refractivity contribution in [1.29, 1.82) is 0 Å². The van der Waals surface area contributed by atoms with E-state index in [9.17, 15) is 30.0 Å². The van der Waals surface area contributed by atoms with Crippen molar-refractivity contribution >= 4 is 31.2 Å². The quantitative estimate of drug-likeness (QED) is 0.801. The summed E-state index contributed by atoms with van der Waals surface area (Å²) in [6, 6.07) is 7.09. The fourth-order valence-corrected chi connectivity index (χ4v) is 3.95. The molecule has 148 valence electrons. The first-order valence-corrected chi connectivity index (χ1v) is 10.8. The molecule has 0 fully saturated rings. The van der Waals surface area contributed by atoms with Crippen LogP contribution >= 0.6 is 0 Å². The molecule has 6 nitrogen and oxygen atoms in total. The zero-order chi connectivity index (χ0) is 20.6. The van der Waals surface area contributed by atoms with Gasteiger partial charge >= 0.3 is 6.18 Å². The molecule has 0 bridgehead atoms. The maximum absolute atomic E-state index is 13.0. The molecule has 2 rings (SSSR count). The molecule has 0 saturated carbocycles. The van der Waals surface area contributed by atoms with Gasteiger partial charge in [0.2, 0.25) is 0 Å².